The van der Waals surface area contributed by atoms with Crippen LogP contribution in [0.2, 0.25) is 0 Å². The summed E-state index contributed by atoms with van der Waals surface area (Å²) in [6.45, 7) is 0. The van der Waals surface area contributed by atoms with Gasteiger partial charge in [-0.3, -0.25) is 0 Å². The first-order valence-corrected chi connectivity index (χ1v) is 19.9. The fourth-order valence-electron chi connectivity index (χ4n) is 9.53. The molecule has 2 atom stereocenters. The lowest BCUT2D eigenvalue weighted by Crippen LogP contribution is -2.33. The summed E-state index contributed by atoms with van der Waals surface area (Å²) in [5.74, 6) is 2.76. The van der Waals surface area contributed by atoms with E-state index in [0.29, 0.717) is 5.56 Å². The van der Waals surface area contributed by atoms with Crippen LogP contribution < -0.4 is 10.1 Å². The van der Waals surface area contributed by atoms with Crippen LogP contribution in [0.4, 0.5) is 0 Å². The van der Waals surface area contributed by atoms with Crippen LogP contribution in [0.25, 0.3) is 22.4 Å². The van der Waals surface area contributed by atoms with Crippen LogP contribution in [-0.4, -0.2) is 5.84 Å². The van der Waals surface area contributed by atoms with Gasteiger partial charge in [0.1, 0.15) is 17.3 Å². The number of rotatable bonds is 5. The Morgan fingerprint density at radius 1 is 0.638 bits per heavy atom. The van der Waals surface area contributed by atoms with E-state index in [-0.39, 0.29) is 12.0 Å². The van der Waals surface area contributed by atoms with E-state index in [9.17, 15) is 5.26 Å². The van der Waals surface area contributed by atoms with Gasteiger partial charge in [0.05, 0.1) is 28.8 Å². The Morgan fingerprint density at radius 2 is 1.31 bits per heavy atom. The van der Waals surface area contributed by atoms with Crippen LogP contribution >= 0.6 is 0 Å². The third kappa shape index (κ3) is 5.32. The molecule has 0 fully saturated rings. The standard InChI is InChI=1S/C54H37N3O/c55-34-35-22-24-36(25-23-35)37-26-28-38(29-27-37)42-16-11-19-46-52(42)43-31-30-41(32-47(43)54(46)44-17-7-9-20-50(44)58-51-21-10-8-18-45(51)54)53-56-48(39-12-3-1-4-13-39)33-49(57-53)40-14-5-2-6-15-40/h1-28,30-33,38,48H,29H2,(H,56,57). The Kier molecular flexibility index (Phi) is 7.94. The third-order valence-corrected chi connectivity index (χ3v) is 12.2. The molecule has 0 aromatic heterocycles. The first kappa shape index (κ1) is 33.8. The molecule has 11 rings (SSSR count). The van der Waals surface area contributed by atoms with E-state index in [4.69, 9.17) is 9.73 Å². The number of amidine groups is 1. The molecule has 7 aromatic carbocycles. The Morgan fingerprint density at radius 3 is 2.02 bits per heavy atom. The summed E-state index contributed by atoms with van der Waals surface area (Å²) >= 11 is 0. The molecule has 0 radical (unpaired) electrons. The van der Waals surface area contributed by atoms with Crippen LogP contribution in [0.15, 0.2) is 199 Å². The topological polar surface area (TPSA) is 57.4 Å². The average molecular weight is 744 g/mol. The van der Waals surface area contributed by atoms with E-state index >= 15 is 0 Å². The van der Waals surface area contributed by atoms with Crippen molar-refractivity contribution >= 4 is 17.1 Å². The summed E-state index contributed by atoms with van der Waals surface area (Å²) in [5.41, 5.74) is 15.2. The summed E-state index contributed by atoms with van der Waals surface area (Å²) in [7, 11) is 0. The molecule has 0 saturated heterocycles. The molecule has 0 saturated carbocycles. The van der Waals surface area contributed by atoms with Crippen LogP contribution in [0, 0.1) is 11.3 Å². The number of aliphatic imine (C=N–C) groups is 1. The molecular formula is C54H37N3O. The van der Waals surface area contributed by atoms with Crippen LogP contribution in [0.5, 0.6) is 11.5 Å². The summed E-state index contributed by atoms with van der Waals surface area (Å²) < 4.78 is 6.70. The number of allylic oxidation sites excluding steroid dienone is 4. The molecule has 1 N–H and O–H groups in total. The van der Waals surface area contributed by atoms with E-state index in [1.54, 1.807) is 0 Å². The highest BCUT2D eigenvalue weighted by molar-refractivity contribution is 6.05. The summed E-state index contributed by atoms with van der Waals surface area (Å²) in [5, 5.41) is 13.2. The zero-order valence-electron chi connectivity index (χ0n) is 31.6. The van der Waals surface area contributed by atoms with Gasteiger partial charge in [-0.25, -0.2) is 4.99 Å². The molecule has 2 aliphatic carbocycles. The molecular weight excluding hydrogens is 707 g/mol. The minimum atomic E-state index is -0.629. The molecule has 2 aliphatic heterocycles. The van der Waals surface area contributed by atoms with Crippen LogP contribution in [0.1, 0.15) is 74.0 Å². The number of hydrogen-bond donors (Lipinski definition) is 1. The van der Waals surface area contributed by atoms with Crippen molar-refractivity contribution < 1.29 is 4.74 Å². The first-order valence-electron chi connectivity index (χ1n) is 19.9. The van der Waals surface area contributed by atoms with Crippen LogP contribution in [-0.2, 0) is 5.41 Å². The quantitative estimate of drug-likeness (QED) is 0.191. The molecule has 58 heavy (non-hydrogen) atoms. The van der Waals surface area contributed by atoms with Gasteiger partial charge in [0, 0.05) is 22.6 Å². The normalized spacial score (nSPS) is 17.9. The SMILES string of the molecule is N#Cc1ccc(C2=CCC(c3cccc4c3-c3ccc(C5=NC(c6ccccc6)=CC(c6ccccc6)N5)cc3C43c4ccccc4Oc4ccccc43)C=C2)cc1. The molecule has 1 spiro atoms. The Labute approximate surface area is 338 Å². The number of nitriles is 1. The molecule has 0 amide bonds. The van der Waals surface area contributed by atoms with Gasteiger partial charge in [0.2, 0.25) is 0 Å². The number of ether oxygens (including phenoxy) is 1. The zero-order chi connectivity index (χ0) is 38.6. The maximum atomic E-state index is 9.34. The minimum absolute atomic E-state index is 0.0558. The van der Waals surface area contributed by atoms with Gasteiger partial charge >= 0.3 is 0 Å². The Bertz CT molecular complexity index is 2890. The zero-order valence-corrected chi connectivity index (χ0v) is 31.6. The van der Waals surface area contributed by atoms with Gasteiger partial charge in [0.15, 0.2) is 0 Å². The lowest BCUT2D eigenvalue weighted by molar-refractivity contribution is 0.436. The van der Waals surface area contributed by atoms with Crippen molar-refractivity contribution in [1.82, 2.24) is 5.32 Å². The number of nitrogens with zero attached hydrogens (tertiary/aromatic N) is 2. The van der Waals surface area contributed by atoms with E-state index in [1.165, 1.54) is 39.0 Å². The second-order valence-electron chi connectivity index (χ2n) is 15.3. The Balaban J connectivity index is 1.10. The lowest BCUT2D eigenvalue weighted by atomic mass is 9.65. The van der Waals surface area contributed by atoms with E-state index < -0.39 is 5.41 Å². The maximum absolute atomic E-state index is 9.34. The summed E-state index contributed by atoms with van der Waals surface area (Å²) in [6, 6.07) is 62.1. The van der Waals surface area contributed by atoms with Gasteiger partial charge in [-0.05, 0) is 92.9 Å². The highest BCUT2D eigenvalue weighted by atomic mass is 16.5. The van der Waals surface area contributed by atoms with Gasteiger partial charge in [-0.15, -0.1) is 0 Å². The van der Waals surface area contributed by atoms with Gasteiger partial charge < -0.3 is 10.1 Å². The minimum Gasteiger partial charge on any atom is -0.457 e. The number of hydrogen-bond acceptors (Lipinski definition) is 4. The second-order valence-corrected chi connectivity index (χ2v) is 15.3. The number of nitrogens with one attached hydrogen (secondary N) is 1. The van der Waals surface area contributed by atoms with Gasteiger partial charge in [0.25, 0.3) is 0 Å². The number of para-hydroxylation sites is 2. The number of benzene rings is 7. The van der Waals surface area contributed by atoms with E-state index in [2.05, 4.69) is 175 Å². The van der Waals surface area contributed by atoms with Crippen molar-refractivity contribution in [2.24, 2.45) is 4.99 Å². The lowest BCUT2D eigenvalue weighted by Gasteiger charge is -2.39. The molecule has 2 unspecified atom stereocenters. The highest BCUT2D eigenvalue weighted by Gasteiger charge is 2.52. The predicted molar refractivity (Wildman–Crippen MR) is 233 cm³/mol. The highest BCUT2D eigenvalue weighted by Crippen LogP contribution is 2.63. The van der Waals surface area contributed by atoms with Crippen LogP contribution in [0.3, 0.4) is 0 Å². The van der Waals surface area contributed by atoms with Gasteiger partial charge in [-0.2, -0.15) is 5.26 Å². The van der Waals surface area contributed by atoms with Crippen molar-refractivity contribution in [2.45, 2.75) is 23.8 Å². The monoisotopic (exact) mass is 743 g/mol. The largest absolute Gasteiger partial charge is 0.457 e. The Hall–Kier alpha value is -7.48. The molecule has 7 aromatic rings. The first-order chi connectivity index (χ1) is 28.7. The van der Waals surface area contributed by atoms with E-state index in [0.717, 1.165) is 57.3 Å². The van der Waals surface area contributed by atoms with Crippen molar-refractivity contribution in [3.63, 3.8) is 0 Å². The fourth-order valence-corrected chi connectivity index (χ4v) is 9.53. The smallest absolute Gasteiger partial charge is 0.134 e. The van der Waals surface area contributed by atoms with Crippen molar-refractivity contribution in [2.75, 3.05) is 0 Å². The van der Waals surface area contributed by atoms with E-state index in [1.807, 2.05) is 30.3 Å². The number of fused-ring (bicyclic) bond motifs is 9. The van der Waals surface area contributed by atoms with Crippen molar-refractivity contribution in [1.29, 1.82) is 5.26 Å². The molecule has 4 aliphatic rings. The fraction of sp³-hybridized carbons (Fsp3) is 0.0741. The third-order valence-electron chi connectivity index (χ3n) is 12.2. The maximum Gasteiger partial charge on any atom is 0.134 e. The molecule has 274 valence electrons. The predicted octanol–water partition coefficient (Wildman–Crippen LogP) is 12.3. The molecule has 4 heteroatoms. The summed E-state index contributed by atoms with van der Waals surface area (Å²) in [6.07, 6.45) is 10.0. The van der Waals surface area contributed by atoms with Gasteiger partial charge in [-0.1, -0.05) is 158 Å². The molecule has 4 nitrogen and oxygen atoms in total. The summed E-state index contributed by atoms with van der Waals surface area (Å²) in [4.78, 5) is 5.34. The molecule has 2 heterocycles. The van der Waals surface area contributed by atoms with Crippen molar-refractivity contribution in [3.05, 3.63) is 250 Å². The molecule has 0 bridgehead atoms. The average Bonchev–Trinajstić information content (AvgIpc) is 3.59. The van der Waals surface area contributed by atoms with Crippen molar-refractivity contribution in [3.8, 4) is 28.7 Å². The second kappa shape index (κ2) is 13.6.